The van der Waals surface area contributed by atoms with Gasteiger partial charge in [0.1, 0.15) is 0 Å². The Morgan fingerprint density at radius 1 is 1.61 bits per heavy atom. The fraction of sp³-hybridized carbons (Fsp3) is 0.692. The molecule has 1 aromatic heterocycles. The van der Waals surface area contributed by atoms with Crippen LogP contribution in [0.5, 0.6) is 0 Å². The molecule has 1 aromatic rings. The molecule has 5 nitrogen and oxygen atoms in total. The van der Waals surface area contributed by atoms with Gasteiger partial charge in [-0.2, -0.15) is 5.10 Å². The topological polar surface area (TPSA) is 81.1 Å². The molecule has 1 aliphatic carbocycles. The summed E-state index contributed by atoms with van der Waals surface area (Å²) < 4.78 is 1.89. The maximum atomic E-state index is 11.6. The highest BCUT2D eigenvalue weighted by Gasteiger charge is 2.51. The summed E-state index contributed by atoms with van der Waals surface area (Å²) >= 11 is 0. The number of hydrogen-bond acceptors (Lipinski definition) is 3. The van der Waals surface area contributed by atoms with Gasteiger partial charge in [-0.05, 0) is 32.8 Å². The first-order chi connectivity index (χ1) is 8.53. The summed E-state index contributed by atoms with van der Waals surface area (Å²) in [5.74, 6) is -0.866. The van der Waals surface area contributed by atoms with Gasteiger partial charge in [-0.3, -0.25) is 9.48 Å². The molecule has 100 valence electrons. The fourth-order valence-electron chi connectivity index (χ4n) is 2.93. The minimum atomic E-state index is -0.722. The largest absolute Gasteiger partial charge is 0.481 e. The average molecular weight is 251 g/mol. The number of nitrogens with two attached hydrogens (primary N) is 1. The normalized spacial score (nSPS) is 19.6. The Hall–Kier alpha value is -1.36. The van der Waals surface area contributed by atoms with Crippen LogP contribution in [0.2, 0.25) is 0 Å². The van der Waals surface area contributed by atoms with E-state index in [2.05, 4.69) is 5.10 Å². The number of carbonyl (C=O) groups is 1. The number of aliphatic carboxylic acids is 1. The lowest BCUT2D eigenvalue weighted by Gasteiger charge is -2.44. The molecule has 1 heterocycles. The first-order valence-corrected chi connectivity index (χ1v) is 6.50. The minimum absolute atomic E-state index is 0.145. The van der Waals surface area contributed by atoms with Crippen molar-refractivity contribution in [3.63, 3.8) is 0 Å². The van der Waals surface area contributed by atoms with Crippen LogP contribution in [0.3, 0.4) is 0 Å². The van der Waals surface area contributed by atoms with E-state index in [1.54, 1.807) is 6.20 Å². The number of carboxylic acids is 1. The lowest BCUT2D eigenvalue weighted by molar-refractivity contribution is -0.156. The lowest BCUT2D eigenvalue weighted by atomic mass is 9.60. The van der Waals surface area contributed by atoms with Crippen LogP contribution >= 0.6 is 0 Å². The molecule has 0 radical (unpaired) electrons. The van der Waals surface area contributed by atoms with Crippen LogP contribution in [0, 0.1) is 5.41 Å². The molecule has 1 atom stereocenters. The van der Waals surface area contributed by atoms with Crippen molar-refractivity contribution in [2.45, 2.75) is 45.1 Å². The Bertz CT molecular complexity index is 435. The van der Waals surface area contributed by atoms with Gasteiger partial charge in [0.2, 0.25) is 0 Å². The molecule has 5 heteroatoms. The zero-order valence-corrected chi connectivity index (χ0v) is 11.0. The first-order valence-electron chi connectivity index (χ1n) is 6.50. The SMILES string of the molecule is CC(C)n1nccc1[C@@H](CN)C1(C(=O)O)CCC1. The lowest BCUT2D eigenvalue weighted by Crippen LogP contribution is -2.46. The molecule has 0 spiro atoms. The van der Waals surface area contributed by atoms with E-state index in [-0.39, 0.29) is 12.0 Å². The van der Waals surface area contributed by atoms with Gasteiger partial charge in [0.25, 0.3) is 0 Å². The Balaban J connectivity index is 2.39. The van der Waals surface area contributed by atoms with Gasteiger partial charge in [-0.1, -0.05) is 6.42 Å². The van der Waals surface area contributed by atoms with Gasteiger partial charge in [0, 0.05) is 30.4 Å². The van der Waals surface area contributed by atoms with Crippen LogP contribution in [-0.2, 0) is 4.79 Å². The highest BCUT2D eigenvalue weighted by atomic mass is 16.4. The summed E-state index contributed by atoms with van der Waals surface area (Å²) in [7, 11) is 0. The Kier molecular flexibility index (Phi) is 3.43. The quantitative estimate of drug-likeness (QED) is 0.835. The molecule has 0 amide bonds. The number of rotatable bonds is 5. The van der Waals surface area contributed by atoms with Crippen LogP contribution < -0.4 is 5.73 Å². The smallest absolute Gasteiger partial charge is 0.310 e. The van der Waals surface area contributed by atoms with Crippen molar-refractivity contribution in [1.29, 1.82) is 0 Å². The highest BCUT2D eigenvalue weighted by molar-refractivity contribution is 5.77. The molecule has 1 saturated carbocycles. The second-order valence-corrected chi connectivity index (χ2v) is 5.40. The third-order valence-electron chi connectivity index (χ3n) is 4.12. The monoisotopic (exact) mass is 251 g/mol. The fourth-order valence-corrected chi connectivity index (χ4v) is 2.93. The molecule has 0 aliphatic heterocycles. The standard InChI is InChI=1S/C13H21N3O2/c1-9(2)16-11(4-7-15-16)10(8-14)13(12(17)18)5-3-6-13/h4,7,9-10H,3,5-6,8,14H2,1-2H3,(H,17,18)/t10-/m1/s1. The van der Waals surface area contributed by atoms with Crippen LogP contribution in [0.25, 0.3) is 0 Å². The highest BCUT2D eigenvalue weighted by Crippen LogP contribution is 2.51. The number of hydrogen-bond donors (Lipinski definition) is 2. The summed E-state index contributed by atoms with van der Waals surface area (Å²) in [4.78, 5) is 11.6. The Morgan fingerprint density at radius 2 is 2.28 bits per heavy atom. The molecular weight excluding hydrogens is 230 g/mol. The molecule has 3 N–H and O–H groups in total. The van der Waals surface area contributed by atoms with Gasteiger partial charge in [0.05, 0.1) is 5.41 Å². The number of aromatic nitrogens is 2. The summed E-state index contributed by atoms with van der Waals surface area (Å²) in [5, 5.41) is 13.8. The molecule has 0 unspecified atom stereocenters. The zero-order chi connectivity index (χ0) is 13.3. The van der Waals surface area contributed by atoms with E-state index in [1.807, 2.05) is 24.6 Å². The van der Waals surface area contributed by atoms with Crippen LogP contribution in [0.1, 0.15) is 50.8 Å². The van der Waals surface area contributed by atoms with Gasteiger partial charge in [0.15, 0.2) is 0 Å². The molecule has 1 fully saturated rings. The van der Waals surface area contributed by atoms with E-state index in [0.717, 1.165) is 12.1 Å². The van der Waals surface area contributed by atoms with Crippen molar-refractivity contribution < 1.29 is 9.90 Å². The van der Waals surface area contributed by atoms with E-state index in [0.29, 0.717) is 19.4 Å². The van der Waals surface area contributed by atoms with Crippen molar-refractivity contribution in [2.24, 2.45) is 11.1 Å². The molecule has 2 rings (SSSR count). The summed E-state index contributed by atoms with van der Waals surface area (Å²) in [5.41, 5.74) is 6.14. The second kappa shape index (κ2) is 4.72. The minimum Gasteiger partial charge on any atom is -0.481 e. The first kappa shape index (κ1) is 13.1. The van der Waals surface area contributed by atoms with Gasteiger partial charge in [-0.25, -0.2) is 0 Å². The maximum Gasteiger partial charge on any atom is 0.310 e. The van der Waals surface area contributed by atoms with Crippen LogP contribution in [0.15, 0.2) is 12.3 Å². The van der Waals surface area contributed by atoms with Crippen LogP contribution in [-0.4, -0.2) is 27.4 Å². The Morgan fingerprint density at radius 3 is 2.67 bits per heavy atom. The van der Waals surface area contributed by atoms with E-state index in [4.69, 9.17) is 5.73 Å². The number of nitrogens with zero attached hydrogens (tertiary/aromatic N) is 2. The van der Waals surface area contributed by atoms with E-state index >= 15 is 0 Å². The third kappa shape index (κ3) is 1.82. The molecule has 0 bridgehead atoms. The van der Waals surface area contributed by atoms with Crippen molar-refractivity contribution >= 4 is 5.97 Å². The summed E-state index contributed by atoms with van der Waals surface area (Å²) in [6, 6.07) is 2.12. The molecule has 1 aliphatic rings. The van der Waals surface area contributed by atoms with Gasteiger partial charge < -0.3 is 10.8 Å². The second-order valence-electron chi connectivity index (χ2n) is 5.40. The van der Waals surface area contributed by atoms with Gasteiger partial charge in [-0.15, -0.1) is 0 Å². The molecule has 0 saturated heterocycles. The van der Waals surface area contributed by atoms with E-state index < -0.39 is 11.4 Å². The number of carboxylic acid groups (broad SMARTS) is 1. The van der Waals surface area contributed by atoms with Crippen molar-refractivity contribution in [3.8, 4) is 0 Å². The van der Waals surface area contributed by atoms with Crippen molar-refractivity contribution in [1.82, 2.24) is 9.78 Å². The average Bonchev–Trinajstić information content (AvgIpc) is 2.70. The van der Waals surface area contributed by atoms with E-state index in [9.17, 15) is 9.90 Å². The predicted octanol–water partition coefficient (Wildman–Crippen LogP) is 1.76. The van der Waals surface area contributed by atoms with E-state index in [1.165, 1.54) is 0 Å². The van der Waals surface area contributed by atoms with Gasteiger partial charge >= 0.3 is 5.97 Å². The van der Waals surface area contributed by atoms with Crippen molar-refractivity contribution in [3.05, 3.63) is 18.0 Å². The predicted molar refractivity (Wildman–Crippen MR) is 68.3 cm³/mol. The molecule has 0 aromatic carbocycles. The molecule has 18 heavy (non-hydrogen) atoms. The van der Waals surface area contributed by atoms with Crippen LogP contribution in [0.4, 0.5) is 0 Å². The zero-order valence-electron chi connectivity index (χ0n) is 11.0. The molecular formula is C13H21N3O2. The third-order valence-corrected chi connectivity index (χ3v) is 4.12. The summed E-state index contributed by atoms with van der Waals surface area (Å²) in [6.45, 7) is 4.43. The summed E-state index contributed by atoms with van der Waals surface area (Å²) in [6.07, 6.45) is 4.13. The maximum absolute atomic E-state index is 11.6. The Labute approximate surface area is 107 Å². The van der Waals surface area contributed by atoms with Crippen molar-refractivity contribution in [2.75, 3.05) is 6.54 Å².